The fourth-order valence-electron chi connectivity index (χ4n) is 2.66. The van der Waals surface area contributed by atoms with Gasteiger partial charge >= 0.3 is 0 Å². The summed E-state index contributed by atoms with van der Waals surface area (Å²) in [5.41, 5.74) is 0.377. The molecular formula is C13H17N5O2. The summed E-state index contributed by atoms with van der Waals surface area (Å²) < 4.78 is 1.53. The third kappa shape index (κ3) is 2.24. The maximum atomic E-state index is 12.2. The summed E-state index contributed by atoms with van der Waals surface area (Å²) in [6.07, 6.45) is 6.40. The molecule has 3 rings (SSSR count). The van der Waals surface area contributed by atoms with Crippen molar-refractivity contribution in [2.24, 2.45) is 0 Å². The van der Waals surface area contributed by atoms with Gasteiger partial charge in [-0.25, -0.2) is 9.50 Å². The van der Waals surface area contributed by atoms with Gasteiger partial charge in [-0.2, -0.15) is 10.1 Å². The minimum Gasteiger partial charge on any atom is -0.388 e. The molecule has 0 aromatic carbocycles. The average Bonchev–Trinajstić information content (AvgIpc) is 3.06. The SMILES string of the molecule is Cc1c(C(=O)NCC2(O)CCCC2)cnc2ncnn12. The molecule has 0 spiro atoms. The number of carbonyl (C=O) groups excluding carboxylic acids is 1. The Morgan fingerprint density at radius 2 is 2.20 bits per heavy atom. The lowest BCUT2D eigenvalue weighted by atomic mass is 10.0. The van der Waals surface area contributed by atoms with Gasteiger partial charge in [0, 0.05) is 12.7 Å². The maximum Gasteiger partial charge on any atom is 0.254 e. The Kier molecular flexibility index (Phi) is 3.13. The van der Waals surface area contributed by atoms with Crippen molar-refractivity contribution in [1.82, 2.24) is 24.9 Å². The number of aromatic nitrogens is 4. The summed E-state index contributed by atoms with van der Waals surface area (Å²) in [7, 11) is 0. The Bertz CT molecular complexity index is 645. The van der Waals surface area contributed by atoms with Gasteiger partial charge in [-0.3, -0.25) is 4.79 Å². The predicted molar refractivity (Wildman–Crippen MR) is 71.3 cm³/mol. The number of rotatable bonds is 3. The highest BCUT2D eigenvalue weighted by atomic mass is 16.3. The summed E-state index contributed by atoms with van der Waals surface area (Å²) in [6, 6.07) is 0. The van der Waals surface area contributed by atoms with E-state index in [0.717, 1.165) is 25.7 Å². The van der Waals surface area contributed by atoms with Crippen LogP contribution in [0.25, 0.3) is 5.78 Å². The molecule has 0 radical (unpaired) electrons. The van der Waals surface area contributed by atoms with E-state index in [2.05, 4.69) is 20.4 Å². The molecule has 1 aliphatic rings. The zero-order chi connectivity index (χ0) is 14.2. The molecule has 0 unspecified atom stereocenters. The lowest BCUT2D eigenvalue weighted by Gasteiger charge is -2.22. The predicted octanol–water partition coefficient (Wildman–Crippen LogP) is 0.468. The molecule has 7 heteroatoms. The topological polar surface area (TPSA) is 92.4 Å². The number of amides is 1. The molecule has 2 heterocycles. The fraction of sp³-hybridized carbons (Fsp3) is 0.538. The van der Waals surface area contributed by atoms with E-state index in [1.807, 2.05) is 0 Å². The zero-order valence-electron chi connectivity index (χ0n) is 11.3. The van der Waals surface area contributed by atoms with E-state index in [4.69, 9.17) is 0 Å². The number of aryl methyl sites for hydroxylation is 1. The van der Waals surface area contributed by atoms with Crippen molar-refractivity contribution < 1.29 is 9.90 Å². The van der Waals surface area contributed by atoms with Crippen molar-refractivity contribution in [3.05, 3.63) is 23.8 Å². The minimum absolute atomic E-state index is 0.243. The fourth-order valence-corrected chi connectivity index (χ4v) is 2.66. The van der Waals surface area contributed by atoms with E-state index in [1.165, 1.54) is 17.0 Å². The standard InChI is InChI=1S/C13H17N5O2/c1-9-10(6-14-12-16-8-17-18(9)12)11(19)15-7-13(20)4-2-3-5-13/h6,8,20H,2-5,7H2,1H3,(H,15,19). The van der Waals surface area contributed by atoms with Crippen LogP contribution < -0.4 is 5.32 Å². The van der Waals surface area contributed by atoms with Gasteiger partial charge in [0.1, 0.15) is 6.33 Å². The molecule has 7 nitrogen and oxygen atoms in total. The molecule has 106 valence electrons. The molecule has 0 saturated heterocycles. The van der Waals surface area contributed by atoms with Crippen LogP contribution in [0.15, 0.2) is 12.5 Å². The Balaban J connectivity index is 1.76. The molecular weight excluding hydrogens is 258 g/mol. The third-order valence-corrected chi connectivity index (χ3v) is 3.90. The summed E-state index contributed by atoms with van der Waals surface area (Å²) >= 11 is 0. The van der Waals surface area contributed by atoms with Crippen molar-refractivity contribution in [3.63, 3.8) is 0 Å². The van der Waals surface area contributed by atoms with E-state index >= 15 is 0 Å². The molecule has 1 amide bonds. The Labute approximate surface area is 116 Å². The highest BCUT2D eigenvalue weighted by molar-refractivity contribution is 5.95. The highest BCUT2D eigenvalue weighted by Crippen LogP contribution is 2.28. The molecule has 0 atom stereocenters. The van der Waals surface area contributed by atoms with Gasteiger partial charge in [0.15, 0.2) is 0 Å². The maximum absolute atomic E-state index is 12.2. The van der Waals surface area contributed by atoms with Crippen LogP contribution in [0, 0.1) is 6.92 Å². The Morgan fingerprint density at radius 1 is 1.45 bits per heavy atom. The largest absolute Gasteiger partial charge is 0.388 e. The van der Waals surface area contributed by atoms with Crippen molar-refractivity contribution in [3.8, 4) is 0 Å². The van der Waals surface area contributed by atoms with E-state index in [9.17, 15) is 9.90 Å². The van der Waals surface area contributed by atoms with Crippen molar-refractivity contribution >= 4 is 11.7 Å². The zero-order valence-corrected chi connectivity index (χ0v) is 11.3. The highest BCUT2D eigenvalue weighted by Gasteiger charge is 2.31. The number of hydrogen-bond acceptors (Lipinski definition) is 5. The van der Waals surface area contributed by atoms with Gasteiger partial charge in [0.05, 0.1) is 16.9 Å². The normalized spacial score (nSPS) is 17.5. The first-order valence-corrected chi connectivity index (χ1v) is 6.75. The second-order valence-electron chi connectivity index (χ2n) is 5.34. The molecule has 0 bridgehead atoms. The molecule has 1 fully saturated rings. The second-order valence-corrected chi connectivity index (χ2v) is 5.34. The number of aliphatic hydroxyl groups is 1. The molecule has 2 aromatic rings. The van der Waals surface area contributed by atoms with Gasteiger partial charge in [-0.05, 0) is 19.8 Å². The summed E-state index contributed by atoms with van der Waals surface area (Å²) in [6.45, 7) is 2.07. The third-order valence-electron chi connectivity index (χ3n) is 3.90. The quantitative estimate of drug-likeness (QED) is 0.849. The first-order valence-electron chi connectivity index (χ1n) is 6.75. The summed E-state index contributed by atoms with van der Waals surface area (Å²) in [5.74, 6) is 0.223. The van der Waals surface area contributed by atoms with Gasteiger partial charge in [0.2, 0.25) is 0 Å². The molecule has 2 N–H and O–H groups in total. The van der Waals surface area contributed by atoms with E-state index < -0.39 is 5.60 Å². The van der Waals surface area contributed by atoms with Crippen LogP contribution in [-0.4, -0.2) is 42.7 Å². The molecule has 0 aliphatic heterocycles. The number of carbonyl (C=O) groups is 1. The van der Waals surface area contributed by atoms with Crippen LogP contribution in [0.2, 0.25) is 0 Å². The van der Waals surface area contributed by atoms with Crippen molar-refractivity contribution in [1.29, 1.82) is 0 Å². The number of nitrogens with one attached hydrogen (secondary N) is 1. The smallest absolute Gasteiger partial charge is 0.254 e. The summed E-state index contributed by atoms with van der Waals surface area (Å²) in [4.78, 5) is 20.3. The molecule has 2 aromatic heterocycles. The van der Waals surface area contributed by atoms with E-state index in [-0.39, 0.29) is 12.5 Å². The average molecular weight is 275 g/mol. The minimum atomic E-state index is -0.756. The number of nitrogens with zero attached hydrogens (tertiary/aromatic N) is 4. The van der Waals surface area contributed by atoms with Crippen LogP contribution in [0.4, 0.5) is 0 Å². The first-order chi connectivity index (χ1) is 9.59. The van der Waals surface area contributed by atoms with Crippen LogP contribution in [0.5, 0.6) is 0 Å². The monoisotopic (exact) mass is 275 g/mol. The van der Waals surface area contributed by atoms with Gasteiger partial charge in [-0.15, -0.1) is 0 Å². The van der Waals surface area contributed by atoms with E-state index in [0.29, 0.717) is 17.0 Å². The van der Waals surface area contributed by atoms with Crippen LogP contribution in [0.3, 0.4) is 0 Å². The van der Waals surface area contributed by atoms with Crippen molar-refractivity contribution in [2.75, 3.05) is 6.54 Å². The van der Waals surface area contributed by atoms with Gasteiger partial charge in [0.25, 0.3) is 11.7 Å². The van der Waals surface area contributed by atoms with Crippen molar-refractivity contribution in [2.45, 2.75) is 38.2 Å². The van der Waals surface area contributed by atoms with Crippen LogP contribution >= 0.6 is 0 Å². The Hall–Kier alpha value is -2.02. The Morgan fingerprint density at radius 3 is 2.95 bits per heavy atom. The van der Waals surface area contributed by atoms with Crippen LogP contribution in [-0.2, 0) is 0 Å². The molecule has 20 heavy (non-hydrogen) atoms. The number of fused-ring (bicyclic) bond motifs is 1. The molecule has 1 aliphatic carbocycles. The first kappa shape index (κ1) is 13.0. The lowest BCUT2D eigenvalue weighted by molar-refractivity contribution is 0.0449. The van der Waals surface area contributed by atoms with Crippen LogP contribution in [0.1, 0.15) is 41.7 Å². The van der Waals surface area contributed by atoms with Gasteiger partial charge in [-0.1, -0.05) is 12.8 Å². The second kappa shape index (κ2) is 4.82. The number of hydrogen-bond donors (Lipinski definition) is 2. The summed E-state index contributed by atoms with van der Waals surface area (Å²) in [5, 5.41) is 17.1. The van der Waals surface area contributed by atoms with Gasteiger partial charge < -0.3 is 10.4 Å². The molecule has 1 saturated carbocycles. The lowest BCUT2D eigenvalue weighted by Crippen LogP contribution is -2.41. The van der Waals surface area contributed by atoms with E-state index in [1.54, 1.807) is 6.92 Å².